The summed E-state index contributed by atoms with van der Waals surface area (Å²) in [5, 5.41) is 2.13. The Morgan fingerprint density at radius 1 is 1.38 bits per heavy atom. The molecule has 1 aliphatic heterocycles. The van der Waals surface area contributed by atoms with Gasteiger partial charge in [-0.3, -0.25) is 0 Å². The Labute approximate surface area is 147 Å². The topological polar surface area (TPSA) is 62.3 Å². The molecule has 130 valence electrons. The molecule has 2 aromatic heterocycles. The number of hydrogen-bond acceptors (Lipinski definition) is 5. The molecule has 7 heteroatoms. The minimum absolute atomic E-state index is 0.0706. The lowest BCUT2D eigenvalue weighted by Crippen LogP contribution is -2.33. The lowest BCUT2D eigenvalue weighted by atomic mass is 10.1. The third kappa shape index (κ3) is 3.79. The summed E-state index contributed by atoms with van der Waals surface area (Å²) in [6, 6.07) is 5.53. The van der Waals surface area contributed by atoms with E-state index in [-0.39, 0.29) is 10.9 Å². The number of nitrogens with one attached hydrogen (secondary N) is 1. The van der Waals surface area contributed by atoms with Gasteiger partial charge in [0.05, 0.1) is 0 Å². The van der Waals surface area contributed by atoms with Crippen LogP contribution in [0.2, 0.25) is 0 Å². The molecule has 0 amide bonds. The highest BCUT2D eigenvalue weighted by molar-refractivity contribution is 7.89. The summed E-state index contributed by atoms with van der Waals surface area (Å²) >= 11 is 1.80. The molecular formula is C17H23N3O2S2. The monoisotopic (exact) mass is 365 g/mol. The molecule has 3 heterocycles. The molecule has 1 N–H and O–H groups in total. The van der Waals surface area contributed by atoms with Crippen LogP contribution in [0.5, 0.6) is 0 Å². The number of aromatic nitrogens is 1. The van der Waals surface area contributed by atoms with Gasteiger partial charge in [0.2, 0.25) is 10.0 Å². The standard InChI is InChI=1S/C17H23N3O2S2/c1-3-4-13(2)19-24(21,22)15-5-6-17(18-11-15)20-9-7-16-14(12-20)8-10-23-16/h5-6,8,10-11,13,19H,3-4,7,9,12H2,1-2H3/t13-/m1/s1. The number of anilines is 1. The van der Waals surface area contributed by atoms with Crippen LogP contribution in [-0.2, 0) is 23.0 Å². The fourth-order valence-corrected chi connectivity index (χ4v) is 5.10. The molecular weight excluding hydrogens is 342 g/mol. The average molecular weight is 366 g/mol. The van der Waals surface area contributed by atoms with E-state index in [2.05, 4.69) is 26.1 Å². The van der Waals surface area contributed by atoms with Gasteiger partial charge in [0.25, 0.3) is 0 Å². The van der Waals surface area contributed by atoms with Crippen molar-refractivity contribution in [1.29, 1.82) is 0 Å². The Kier molecular flexibility index (Phi) is 5.22. The fourth-order valence-electron chi connectivity index (χ4n) is 2.99. The smallest absolute Gasteiger partial charge is 0.242 e. The highest BCUT2D eigenvalue weighted by Crippen LogP contribution is 2.27. The molecule has 1 atom stereocenters. The van der Waals surface area contributed by atoms with E-state index < -0.39 is 10.0 Å². The Morgan fingerprint density at radius 2 is 2.21 bits per heavy atom. The lowest BCUT2D eigenvalue weighted by Gasteiger charge is -2.28. The van der Waals surface area contributed by atoms with E-state index in [1.165, 1.54) is 16.6 Å². The zero-order valence-electron chi connectivity index (χ0n) is 14.0. The van der Waals surface area contributed by atoms with Crippen LogP contribution in [0.15, 0.2) is 34.7 Å². The maximum absolute atomic E-state index is 12.4. The zero-order valence-corrected chi connectivity index (χ0v) is 15.7. The molecule has 3 rings (SSSR count). The summed E-state index contributed by atoms with van der Waals surface area (Å²) in [6.07, 6.45) is 4.24. The number of sulfonamides is 1. The summed E-state index contributed by atoms with van der Waals surface area (Å²) in [5.74, 6) is 0.826. The predicted octanol–water partition coefficient (Wildman–Crippen LogP) is 3.17. The molecule has 0 saturated carbocycles. The molecule has 0 fully saturated rings. The van der Waals surface area contributed by atoms with Crippen molar-refractivity contribution in [3.8, 4) is 0 Å². The van der Waals surface area contributed by atoms with Gasteiger partial charge in [0, 0.05) is 30.2 Å². The van der Waals surface area contributed by atoms with Gasteiger partial charge in [0.15, 0.2) is 0 Å². The molecule has 0 spiro atoms. The molecule has 24 heavy (non-hydrogen) atoms. The highest BCUT2D eigenvalue weighted by Gasteiger charge is 2.20. The van der Waals surface area contributed by atoms with E-state index >= 15 is 0 Å². The minimum atomic E-state index is -3.50. The molecule has 0 radical (unpaired) electrons. The molecule has 0 aromatic carbocycles. The lowest BCUT2D eigenvalue weighted by molar-refractivity contribution is 0.543. The van der Waals surface area contributed by atoms with Crippen molar-refractivity contribution >= 4 is 27.2 Å². The van der Waals surface area contributed by atoms with Crippen molar-refractivity contribution in [1.82, 2.24) is 9.71 Å². The van der Waals surface area contributed by atoms with Crippen molar-refractivity contribution < 1.29 is 8.42 Å². The van der Waals surface area contributed by atoms with E-state index in [9.17, 15) is 8.42 Å². The van der Waals surface area contributed by atoms with Gasteiger partial charge in [-0.25, -0.2) is 18.1 Å². The molecule has 2 aromatic rings. The van der Waals surface area contributed by atoms with Gasteiger partial charge in [-0.15, -0.1) is 11.3 Å². The van der Waals surface area contributed by atoms with Gasteiger partial charge in [-0.2, -0.15) is 0 Å². The first-order valence-electron chi connectivity index (χ1n) is 8.28. The summed E-state index contributed by atoms with van der Waals surface area (Å²) < 4.78 is 27.4. The third-order valence-corrected chi connectivity index (χ3v) is 6.84. The molecule has 0 unspecified atom stereocenters. The van der Waals surface area contributed by atoms with E-state index in [0.29, 0.717) is 0 Å². The predicted molar refractivity (Wildman–Crippen MR) is 98.0 cm³/mol. The number of hydrogen-bond donors (Lipinski definition) is 1. The summed E-state index contributed by atoms with van der Waals surface area (Å²) in [4.78, 5) is 8.25. The Hall–Kier alpha value is -1.44. The maximum Gasteiger partial charge on any atom is 0.242 e. The van der Waals surface area contributed by atoms with Crippen molar-refractivity contribution in [2.75, 3.05) is 11.4 Å². The van der Waals surface area contributed by atoms with Gasteiger partial charge in [-0.05, 0) is 48.9 Å². The van der Waals surface area contributed by atoms with E-state index in [0.717, 1.165) is 38.2 Å². The van der Waals surface area contributed by atoms with E-state index in [1.807, 2.05) is 13.8 Å². The normalized spacial score (nSPS) is 16.0. The van der Waals surface area contributed by atoms with Crippen LogP contribution in [0.25, 0.3) is 0 Å². The number of nitrogens with zero attached hydrogens (tertiary/aromatic N) is 2. The van der Waals surface area contributed by atoms with Gasteiger partial charge < -0.3 is 4.90 Å². The molecule has 1 aliphatic rings. The number of fused-ring (bicyclic) bond motifs is 1. The van der Waals surface area contributed by atoms with Gasteiger partial charge in [-0.1, -0.05) is 13.3 Å². The average Bonchev–Trinajstić information content (AvgIpc) is 3.02. The fraction of sp³-hybridized carbons (Fsp3) is 0.471. The second-order valence-corrected chi connectivity index (χ2v) is 8.92. The van der Waals surface area contributed by atoms with Crippen LogP contribution in [0.1, 0.15) is 37.1 Å². The van der Waals surface area contributed by atoms with Crippen molar-refractivity contribution in [3.05, 3.63) is 40.2 Å². The van der Waals surface area contributed by atoms with Gasteiger partial charge >= 0.3 is 0 Å². The van der Waals surface area contributed by atoms with Crippen LogP contribution in [-0.4, -0.2) is 26.0 Å². The quantitative estimate of drug-likeness (QED) is 0.854. The Morgan fingerprint density at radius 3 is 2.92 bits per heavy atom. The van der Waals surface area contributed by atoms with E-state index in [4.69, 9.17) is 0 Å². The number of thiophene rings is 1. The first kappa shape index (κ1) is 17.4. The first-order chi connectivity index (χ1) is 11.5. The van der Waals surface area contributed by atoms with Crippen LogP contribution in [0.4, 0.5) is 5.82 Å². The van der Waals surface area contributed by atoms with Crippen molar-refractivity contribution in [2.24, 2.45) is 0 Å². The van der Waals surface area contributed by atoms with Crippen LogP contribution in [0.3, 0.4) is 0 Å². The van der Waals surface area contributed by atoms with Crippen LogP contribution < -0.4 is 9.62 Å². The number of rotatable bonds is 6. The summed E-state index contributed by atoms with van der Waals surface area (Å²) in [5.41, 5.74) is 1.35. The Balaban J connectivity index is 1.72. The summed E-state index contributed by atoms with van der Waals surface area (Å²) in [6.45, 7) is 5.68. The van der Waals surface area contributed by atoms with Crippen molar-refractivity contribution in [2.45, 2.75) is 50.6 Å². The van der Waals surface area contributed by atoms with Crippen molar-refractivity contribution in [3.63, 3.8) is 0 Å². The SMILES string of the molecule is CCC[C@@H](C)NS(=O)(=O)c1ccc(N2CCc3sccc3C2)nc1. The zero-order chi connectivity index (χ0) is 17.2. The molecule has 0 bridgehead atoms. The molecule has 0 aliphatic carbocycles. The van der Waals surface area contributed by atoms with Crippen LogP contribution >= 0.6 is 11.3 Å². The first-order valence-corrected chi connectivity index (χ1v) is 10.6. The largest absolute Gasteiger partial charge is 0.352 e. The van der Waals surface area contributed by atoms with Crippen LogP contribution in [0, 0.1) is 0 Å². The van der Waals surface area contributed by atoms with Gasteiger partial charge in [0.1, 0.15) is 10.7 Å². The Bertz CT molecular complexity index is 784. The van der Waals surface area contributed by atoms with E-state index in [1.54, 1.807) is 23.5 Å². The maximum atomic E-state index is 12.4. The number of pyridine rings is 1. The second kappa shape index (κ2) is 7.21. The third-order valence-electron chi connectivity index (χ3n) is 4.24. The molecule has 0 saturated heterocycles. The minimum Gasteiger partial charge on any atom is -0.352 e. The summed E-state index contributed by atoms with van der Waals surface area (Å²) in [7, 11) is -3.50. The second-order valence-electron chi connectivity index (χ2n) is 6.20. The molecule has 5 nitrogen and oxygen atoms in total. The highest BCUT2D eigenvalue weighted by atomic mass is 32.2.